The van der Waals surface area contributed by atoms with Crippen LogP contribution in [0.3, 0.4) is 0 Å². The minimum Gasteiger partial charge on any atom is -0.488 e. The number of carboxylic acids is 1. The first-order valence-corrected chi connectivity index (χ1v) is 13.0. The molecule has 1 heterocycles. The number of hydrogen-bond donors (Lipinski definition) is 1. The van der Waals surface area contributed by atoms with Crippen LogP contribution in [0.25, 0.3) is 21.7 Å². The van der Waals surface area contributed by atoms with Gasteiger partial charge in [-0.2, -0.15) is 9.78 Å². The Morgan fingerprint density at radius 3 is 2.61 bits per heavy atom. The molecule has 0 atom stereocenters. The van der Waals surface area contributed by atoms with E-state index < -0.39 is 5.97 Å². The topological polar surface area (TPSA) is 93.8 Å². The first kappa shape index (κ1) is 25.4. The fourth-order valence-corrected chi connectivity index (χ4v) is 4.62. The van der Waals surface area contributed by atoms with Crippen molar-refractivity contribution in [3.8, 4) is 5.75 Å². The van der Waals surface area contributed by atoms with Gasteiger partial charge >= 0.3 is 5.97 Å². The highest BCUT2D eigenvalue weighted by Gasteiger charge is 2.13. The third-order valence-electron chi connectivity index (χ3n) is 6.18. The molecule has 0 unspecified atom stereocenters. The van der Waals surface area contributed by atoms with Gasteiger partial charge in [-0.1, -0.05) is 65.3 Å². The quantitative estimate of drug-likeness (QED) is 0.217. The number of fused-ring (bicyclic) bond motifs is 2. The summed E-state index contributed by atoms with van der Waals surface area (Å²) in [6.45, 7) is 2.28. The summed E-state index contributed by atoms with van der Waals surface area (Å²) in [6.07, 6.45) is 3.06. The Balaban J connectivity index is 1.57. The van der Waals surface area contributed by atoms with E-state index in [1.54, 1.807) is 36.5 Å². The average Bonchev–Trinajstić information content (AvgIpc) is 2.93. The Labute approximate surface area is 227 Å². The molecule has 0 radical (unpaired) electrons. The molecule has 0 bridgehead atoms. The van der Waals surface area contributed by atoms with Crippen LogP contribution in [0.15, 0.2) is 93.2 Å². The number of aromatic carboxylic acids is 1. The zero-order chi connectivity index (χ0) is 26.6. The van der Waals surface area contributed by atoms with Crippen molar-refractivity contribution in [1.29, 1.82) is 0 Å². The number of carboxylic acid groups (broad SMARTS) is 1. The summed E-state index contributed by atoms with van der Waals surface area (Å²) >= 11 is 3.44. The number of benzene rings is 4. The van der Waals surface area contributed by atoms with Gasteiger partial charge in [0.2, 0.25) is 0 Å². The Morgan fingerprint density at radius 2 is 1.84 bits per heavy atom. The summed E-state index contributed by atoms with van der Waals surface area (Å²) in [5, 5.41) is 16.2. The minimum atomic E-state index is -0.973. The Morgan fingerprint density at radius 1 is 1.05 bits per heavy atom. The van der Waals surface area contributed by atoms with Gasteiger partial charge in [0.15, 0.2) is 0 Å². The predicted molar refractivity (Wildman–Crippen MR) is 152 cm³/mol. The highest BCUT2D eigenvalue weighted by atomic mass is 79.9. The summed E-state index contributed by atoms with van der Waals surface area (Å²) in [6, 6.07) is 23.8. The zero-order valence-corrected chi connectivity index (χ0v) is 22.2. The fraction of sp³-hybridized carbons (Fsp3) is 0.133. The van der Waals surface area contributed by atoms with Gasteiger partial charge in [-0.3, -0.25) is 4.79 Å². The molecule has 0 saturated carbocycles. The van der Waals surface area contributed by atoms with Crippen molar-refractivity contribution in [3.63, 3.8) is 0 Å². The van der Waals surface area contributed by atoms with Crippen molar-refractivity contribution in [2.24, 2.45) is 5.10 Å². The van der Waals surface area contributed by atoms with Crippen LogP contribution >= 0.6 is 15.9 Å². The van der Waals surface area contributed by atoms with Crippen LogP contribution in [-0.4, -0.2) is 27.0 Å². The van der Waals surface area contributed by atoms with Gasteiger partial charge in [-0.05, 0) is 59.2 Å². The number of nitrogens with zero attached hydrogens (tertiary/aromatic N) is 3. The molecular weight excluding hydrogens is 546 g/mol. The first-order chi connectivity index (χ1) is 18.4. The van der Waals surface area contributed by atoms with Crippen molar-refractivity contribution in [2.75, 3.05) is 0 Å². The summed E-state index contributed by atoms with van der Waals surface area (Å²) in [7, 11) is 0. The molecule has 5 aromatic rings. The van der Waals surface area contributed by atoms with Gasteiger partial charge in [0.05, 0.1) is 22.7 Å². The van der Waals surface area contributed by atoms with Gasteiger partial charge in [0, 0.05) is 16.5 Å². The van der Waals surface area contributed by atoms with E-state index >= 15 is 0 Å². The minimum absolute atomic E-state index is 0.219. The number of halogens is 1. The van der Waals surface area contributed by atoms with E-state index in [1.807, 2.05) is 55.5 Å². The Kier molecular flexibility index (Phi) is 7.33. The second kappa shape index (κ2) is 11.0. The Bertz CT molecular complexity index is 1740. The van der Waals surface area contributed by atoms with E-state index in [2.05, 4.69) is 21.0 Å². The largest absolute Gasteiger partial charge is 0.488 e. The molecule has 7 nitrogen and oxygen atoms in total. The van der Waals surface area contributed by atoms with Gasteiger partial charge in [0.25, 0.3) is 5.56 Å². The maximum Gasteiger partial charge on any atom is 0.335 e. The molecule has 38 heavy (non-hydrogen) atoms. The summed E-state index contributed by atoms with van der Waals surface area (Å²) < 4.78 is 8.33. The SMILES string of the molecule is CCCc1nc2ccc(Br)cc2c(=O)n1N=Cc1c(OCc2ccc(C(=O)O)cc2)ccc2ccccc12. The lowest BCUT2D eigenvalue weighted by Gasteiger charge is -2.13. The lowest BCUT2D eigenvalue weighted by molar-refractivity contribution is 0.0697. The van der Waals surface area contributed by atoms with E-state index in [9.17, 15) is 9.59 Å². The molecule has 0 spiro atoms. The smallest absolute Gasteiger partial charge is 0.335 e. The number of carbonyl (C=O) groups is 1. The summed E-state index contributed by atoms with van der Waals surface area (Å²) in [5.74, 6) is 0.208. The van der Waals surface area contributed by atoms with E-state index in [4.69, 9.17) is 14.8 Å². The average molecular weight is 570 g/mol. The van der Waals surface area contributed by atoms with Crippen LogP contribution in [-0.2, 0) is 13.0 Å². The molecule has 4 aromatic carbocycles. The predicted octanol–water partition coefficient (Wildman–Crippen LogP) is 6.42. The van der Waals surface area contributed by atoms with Crippen molar-refractivity contribution < 1.29 is 14.6 Å². The van der Waals surface area contributed by atoms with Gasteiger partial charge in [0.1, 0.15) is 18.2 Å². The van der Waals surface area contributed by atoms with Crippen LogP contribution in [0.1, 0.15) is 40.7 Å². The third-order valence-corrected chi connectivity index (χ3v) is 6.67. The van der Waals surface area contributed by atoms with E-state index in [-0.39, 0.29) is 17.7 Å². The molecule has 5 rings (SSSR count). The van der Waals surface area contributed by atoms with Crippen molar-refractivity contribution in [3.05, 3.63) is 116 Å². The highest BCUT2D eigenvalue weighted by molar-refractivity contribution is 9.10. The van der Waals surface area contributed by atoms with Crippen LogP contribution in [0, 0.1) is 0 Å². The molecular formula is C30H24BrN3O4. The summed E-state index contributed by atoms with van der Waals surface area (Å²) in [4.78, 5) is 29.3. The van der Waals surface area contributed by atoms with E-state index in [0.29, 0.717) is 28.9 Å². The van der Waals surface area contributed by atoms with Crippen LogP contribution in [0.2, 0.25) is 0 Å². The molecule has 0 saturated heterocycles. The fourth-order valence-electron chi connectivity index (χ4n) is 4.25. The standard InChI is InChI=1S/C30H24BrN3O4/c1-2-5-28-33-26-14-13-22(31)16-24(26)29(35)34(28)32-17-25-23-7-4-3-6-20(23)12-15-27(25)38-18-19-8-10-21(11-9-19)30(36)37/h3-4,6-17H,2,5,18H2,1H3,(H,36,37). The molecule has 190 valence electrons. The first-order valence-electron chi connectivity index (χ1n) is 12.2. The number of hydrogen-bond acceptors (Lipinski definition) is 5. The zero-order valence-electron chi connectivity index (χ0n) is 20.6. The molecule has 0 aliphatic rings. The lowest BCUT2D eigenvalue weighted by Crippen LogP contribution is -2.22. The van der Waals surface area contributed by atoms with Gasteiger partial charge in [-0.15, -0.1) is 0 Å². The van der Waals surface area contributed by atoms with Crippen LogP contribution in [0.4, 0.5) is 0 Å². The number of rotatable bonds is 8. The van der Waals surface area contributed by atoms with Crippen molar-refractivity contribution in [1.82, 2.24) is 9.66 Å². The normalized spacial score (nSPS) is 11.4. The molecule has 1 aromatic heterocycles. The molecule has 0 amide bonds. The van der Waals surface area contributed by atoms with Crippen molar-refractivity contribution in [2.45, 2.75) is 26.4 Å². The second-order valence-corrected chi connectivity index (χ2v) is 9.71. The molecule has 0 aliphatic carbocycles. The molecule has 1 N–H and O–H groups in total. The van der Waals surface area contributed by atoms with Crippen LogP contribution < -0.4 is 10.3 Å². The molecule has 0 fully saturated rings. The Hall–Kier alpha value is -4.30. The van der Waals surface area contributed by atoms with Crippen LogP contribution in [0.5, 0.6) is 5.75 Å². The van der Waals surface area contributed by atoms with Gasteiger partial charge < -0.3 is 9.84 Å². The number of aromatic nitrogens is 2. The highest BCUT2D eigenvalue weighted by Crippen LogP contribution is 2.28. The lowest BCUT2D eigenvalue weighted by atomic mass is 10.0. The third kappa shape index (κ3) is 5.21. The van der Waals surface area contributed by atoms with Gasteiger partial charge in [-0.25, -0.2) is 9.78 Å². The molecule has 8 heteroatoms. The second-order valence-electron chi connectivity index (χ2n) is 8.79. The maximum absolute atomic E-state index is 13.4. The maximum atomic E-state index is 13.4. The molecule has 0 aliphatic heterocycles. The number of ether oxygens (including phenoxy) is 1. The van der Waals surface area contributed by atoms with E-state index in [1.165, 1.54) is 4.68 Å². The number of aryl methyl sites for hydroxylation is 1. The monoisotopic (exact) mass is 569 g/mol. The summed E-state index contributed by atoms with van der Waals surface area (Å²) in [5.41, 5.74) is 2.18. The van der Waals surface area contributed by atoms with Crippen molar-refractivity contribution >= 4 is 49.8 Å². The van der Waals surface area contributed by atoms with E-state index in [0.717, 1.165) is 32.8 Å².